The number of hydrogen-bond acceptors (Lipinski definition) is 7. The summed E-state index contributed by atoms with van der Waals surface area (Å²) in [4.78, 5) is 71.5. The molecule has 4 rings (SSSR count). The summed E-state index contributed by atoms with van der Waals surface area (Å²) in [5, 5.41) is 6.07. The van der Waals surface area contributed by atoms with Crippen LogP contribution in [0.2, 0.25) is 0 Å². The fourth-order valence-electron chi connectivity index (χ4n) is 7.56. The molecule has 2 amide bonds. The number of likely N-dealkylation sites (tertiary alicyclic amines) is 1. The minimum absolute atomic E-state index is 0.0718. The average molecular weight is 744 g/mol. The molecule has 5 atom stereocenters. The van der Waals surface area contributed by atoms with E-state index in [0.29, 0.717) is 45.1 Å². The molecule has 9 nitrogen and oxygen atoms in total. The fourth-order valence-corrected chi connectivity index (χ4v) is 7.56. The number of rotatable bonds is 24. The Kier molecular flexibility index (Phi) is 17.1. The normalized spacial score (nSPS) is 19.5. The molecule has 2 aliphatic heterocycles. The van der Waals surface area contributed by atoms with E-state index in [2.05, 4.69) is 15.5 Å². The average Bonchev–Trinajstić information content (AvgIpc) is 3.91. The highest BCUT2D eigenvalue weighted by Crippen LogP contribution is 2.30. The zero-order valence-electron chi connectivity index (χ0n) is 33.4. The lowest BCUT2D eigenvalue weighted by molar-refractivity contribution is -0.135. The predicted octanol–water partition coefficient (Wildman–Crippen LogP) is 6.70. The highest BCUT2D eigenvalue weighted by Gasteiger charge is 2.50. The Morgan fingerprint density at radius 1 is 0.741 bits per heavy atom. The first-order chi connectivity index (χ1) is 25.8. The molecule has 2 heterocycles. The molecule has 1 unspecified atom stereocenters. The van der Waals surface area contributed by atoms with Crippen LogP contribution in [0.5, 0.6) is 0 Å². The number of amides is 2. The summed E-state index contributed by atoms with van der Waals surface area (Å²) in [5.74, 6) is -2.05. The number of hydrogen-bond donors (Lipinski definition) is 2. The molecule has 0 aromatic heterocycles. The van der Waals surface area contributed by atoms with Gasteiger partial charge in [-0.3, -0.25) is 24.0 Å². The molecule has 54 heavy (non-hydrogen) atoms. The van der Waals surface area contributed by atoms with Gasteiger partial charge in [-0.25, -0.2) is 0 Å². The van der Waals surface area contributed by atoms with Gasteiger partial charge in [0.15, 0.2) is 11.6 Å². The maximum Gasteiger partial charge on any atom is 0.224 e. The van der Waals surface area contributed by atoms with Gasteiger partial charge >= 0.3 is 0 Å². The molecule has 2 aromatic rings. The van der Waals surface area contributed by atoms with Crippen LogP contribution in [0.25, 0.3) is 0 Å². The van der Waals surface area contributed by atoms with E-state index in [4.69, 9.17) is 4.74 Å². The number of nitrogens with one attached hydrogen (secondary N) is 2. The van der Waals surface area contributed by atoms with Crippen molar-refractivity contribution >= 4 is 29.2 Å². The Balaban J connectivity index is 1.48. The van der Waals surface area contributed by atoms with Gasteiger partial charge in [-0.05, 0) is 101 Å². The Labute approximate surface area is 323 Å². The molecule has 2 saturated heterocycles. The van der Waals surface area contributed by atoms with Crippen molar-refractivity contribution in [2.75, 3.05) is 26.2 Å². The Morgan fingerprint density at radius 2 is 1.30 bits per heavy atom. The smallest absolute Gasteiger partial charge is 0.224 e. The molecule has 2 aliphatic rings. The maximum atomic E-state index is 14.2. The van der Waals surface area contributed by atoms with E-state index in [0.717, 1.165) is 37.2 Å². The molecule has 0 aliphatic carbocycles. The third-order valence-electron chi connectivity index (χ3n) is 10.8. The van der Waals surface area contributed by atoms with Gasteiger partial charge in [0, 0.05) is 31.1 Å². The number of carbonyl (C=O) groups is 5. The molecule has 2 aromatic carbocycles. The third-order valence-corrected chi connectivity index (χ3v) is 10.8. The van der Waals surface area contributed by atoms with Crippen molar-refractivity contribution in [3.05, 3.63) is 71.8 Å². The van der Waals surface area contributed by atoms with E-state index < -0.39 is 29.5 Å². The van der Waals surface area contributed by atoms with Crippen LogP contribution in [-0.4, -0.2) is 78.0 Å². The first-order valence-corrected chi connectivity index (χ1v) is 20.5. The standard InChI is InChI=1S/C45H65N3O6/c1-32(2)26-39(46-43(52)36(22-21-34-16-9-6-10-17-34)29-38(49)20-15-25-48-23-13-8-14-24-48)41(50)30-37(28-35-18-11-7-12-19-35)44(53)47-40(27-33(3)4)42(51)45(5)31-54-45/h6-7,9-12,16-19,32-33,36-37,39-40H,8,13-15,20-31H2,1-5H3,(H,46,52)(H,47,53)/t36?,37-,39+,40+,45-/m1/s1. The van der Waals surface area contributed by atoms with E-state index in [1.165, 1.54) is 19.3 Å². The van der Waals surface area contributed by atoms with E-state index >= 15 is 0 Å². The molecule has 0 saturated carbocycles. The lowest BCUT2D eigenvalue weighted by Gasteiger charge is -2.27. The summed E-state index contributed by atoms with van der Waals surface area (Å²) in [5.41, 5.74) is 1.10. The van der Waals surface area contributed by atoms with E-state index in [1.54, 1.807) is 6.92 Å². The molecule has 9 heteroatoms. The minimum Gasteiger partial charge on any atom is -0.361 e. The highest BCUT2D eigenvalue weighted by molar-refractivity contribution is 5.98. The molecule has 2 fully saturated rings. The molecule has 0 bridgehead atoms. The van der Waals surface area contributed by atoms with Crippen molar-refractivity contribution < 1.29 is 28.7 Å². The largest absolute Gasteiger partial charge is 0.361 e. The van der Waals surface area contributed by atoms with E-state index in [1.807, 2.05) is 88.4 Å². The highest BCUT2D eigenvalue weighted by atomic mass is 16.6. The summed E-state index contributed by atoms with van der Waals surface area (Å²) in [6.07, 6.45) is 7.23. The topological polar surface area (TPSA) is 125 Å². The van der Waals surface area contributed by atoms with Gasteiger partial charge in [0.2, 0.25) is 11.8 Å². The Morgan fingerprint density at radius 3 is 1.89 bits per heavy atom. The number of benzene rings is 2. The van der Waals surface area contributed by atoms with Crippen molar-refractivity contribution in [3.63, 3.8) is 0 Å². The van der Waals surface area contributed by atoms with Gasteiger partial charge in [-0.15, -0.1) is 0 Å². The van der Waals surface area contributed by atoms with Gasteiger partial charge in [-0.2, -0.15) is 0 Å². The van der Waals surface area contributed by atoms with Crippen LogP contribution in [0.4, 0.5) is 0 Å². The van der Waals surface area contributed by atoms with Crippen LogP contribution in [-0.2, 0) is 41.6 Å². The first kappa shape index (κ1) is 43.0. The lowest BCUT2D eigenvalue weighted by atomic mass is 9.87. The zero-order chi connectivity index (χ0) is 39.1. The lowest BCUT2D eigenvalue weighted by Crippen LogP contribution is -2.50. The summed E-state index contributed by atoms with van der Waals surface area (Å²) < 4.78 is 5.44. The number of carbonyl (C=O) groups excluding carboxylic acids is 5. The number of aryl methyl sites for hydroxylation is 1. The third kappa shape index (κ3) is 14.5. The van der Waals surface area contributed by atoms with Crippen molar-refractivity contribution in [1.82, 2.24) is 15.5 Å². The SMILES string of the molecule is CC(C)C[C@H](NC(=O)C(CCc1ccccc1)CC(=O)CCCN1CCCCC1)C(=O)C[C@@H](Cc1ccccc1)C(=O)N[C@@H](CC(C)C)C(=O)[C@@]1(C)CO1. The van der Waals surface area contributed by atoms with Gasteiger partial charge in [0.1, 0.15) is 11.4 Å². The van der Waals surface area contributed by atoms with Crippen LogP contribution < -0.4 is 10.6 Å². The van der Waals surface area contributed by atoms with Crippen molar-refractivity contribution in [1.29, 1.82) is 0 Å². The summed E-state index contributed by atoms with van der Waals surface area (Å²) in [6, 6.07) is 17.9. The number of epoxide rings is 1. The summed E-state index contributed by atoms with van der Waals surface area (Å²) in [7, 11) is 0. The maximum absolute atomic E-state index is 14.2. The quantitative estimate of drug-likeness (QED) is 0.115. The molecular weight excluding hydrogens is 679 g/mol. The Hall–Kier alpha value is -3.69. The fraction of sp³-hybridized carbons (Fsp3) is 0.622. The van der Waals surface area contributed by atoms with Crippen molar-refractivity contribution in [2.24, 2.45) is 23.7 Å². The zero-order valence-corrected chi connectivity index (χ0v) is 33.4. The van der Waals surface area contributed by atoms with Crippen LogP contribution in [0.1, 0.15) is 110 Å². The summed E-state index contributed by atoms with van der Waals surface area (Å²) >= 11 is 0. The number of ketones is 3. The first-order valence-electron chi connectivity index (χ1n) is 20.5. The number of piperidine rings is 1. The van der Waals surface area contributed by atoms with Crippen LogP contribution in [0.3, 0.4) is 0 Å². The molecule has 0 radical (unpaired) electrons. The summed E-state index contributed by atoms with van der Waals surface area (Å²) in [6.45, 7) is 13.1. The molecule has 2 N–H and O–H groups in total. The van der Waals surface area contributed by atoms with Crippen LogP contribution >= 0.6 is 0 Å². The van der Waals surface area contributed by atoms with Gasteiger partial charge in [0.05, 0.1) is 18.7 Å². The minimum atomic E-state index is -0.893. The van der Waals surface area contributed by atoms with Gasteiger partial charge in [0.25, 0.3) is 0 Å². The van der Waals surface area contributed by atoms with E-state index in [9.17, 15) is 24.0 Å². The second-order valence-corrected chi connectivity index (χ2v) is 16.8. The van der Waals surface area contributed by atoms with Gasteiger partial charge < -0.3 is 20.3 Å². The monoisotopic (exact) mass is 743 g/mol. The van der Waals surface area contributed by atoms with Crippen molar-refractivity contribution in [3.8, 4) is 0 Å². The molecule has 0 spiro atoms. The predicted molar refractivity (Wildman–Crippen MR) is 213 cm³/mol. The number of Topliss-reactive ketones (excluding diaryl/α,β-unsaturated/α-hetero) is 3. The second-order valence-electron chi connectivity index (χ2n) is 16.8. The molecule has 296 valence electrons. The second kappa shape index (κ2) is 21.4. The number of ether oxygens (including phenoxy) is 1. The van der Waals surface area contributed by atoms with E-state index in [-0.39, 0.29) is 53.8 Å². The Bertz CT molecular complexity index is 1500. The van der Waals surface area contributed by atoms with Crippen LogP contribution in [0.15, 0.2) is 60.7 Å². The van der Waals surface area contributed by atoms with Crippen molar-refractivity contribution in [2.45, 2.75) is 129 Å². The van der Waals surface area contributed by atoms with Gasteiger partial charge in [-0.1, -0.05) is 94.8 Å². The number of nitrogens with zero attached hydrogens (tertiary/aromatic N) is 1. The van der Waals surface area contributed by atoms with Crippen LogP contribution in [0, 0.1) is 23.7 Å². The molecular formula is C45H65N3O6.